The topological polar surface area (TPSA) is 3.24 Å². The van der Waals surface area contributed by atoms with Crippen molar-refractivity contribution in [1.82, 2.24) is 4.67 Å². The summed E-state index contributed by atoms with van der Waals surface area (Å²) in [5.74, 6) is 0. The molecule has 0 spiro atoms. The van der Waals surface area contributed by atoms with Crippen molar-refractivity contribution >= 4 is 23.5 Å². The predicted octanol–water partition coefficient (Wildman–Crippen LogP) is 7.50. The van der Waals surface area contributed by atoms with Gasteiger partial charge in [0.2, 0.25) is 0 Å². The standard InChI is InChI=1S/C27H27FNP/c1-3-29(4-2)30(28)26(23-16-10-6-11-17-23)20-25(22-14-8-5-9-15-22)21-27(30)24-18-12-7-13-19-24/h5-21H,3-4H2,1-2H3. The molecule has 0 aromatic heterocycles. The summed E-state index contributed by atoms with van der Waals surface area (Å²) in [6.45, 7) is 5.42. The highest BCUT2D eigenvalue weighted by molar-refractivity contribution is 7.79. The van der Waals surface area contributed by atoms with E-state index in [-0.39, 0.29) is 0 Å². The summed E-state index contributed by atoms with van der Waals surface area (Å²) in [6.07, 6.45) is 4.15. The number of hydrogen-bond acceptors (Lipinski definition) is 1. The van der Waals surface area contributed by atoms with E-state index in [9.17, 15) is 0 Å². The van der Waals surface area contributed by atoms with Crippen LogP contribution in [0.2, 0.25) is 0 Å². The van der Waals surface area contributed by atoms with Gasteiger partial charge in [0.1, 0.15) is 0 Å². The van der Waals surface area contributed by atoms with Crippen LogP contribution in [0.5, 0.6) is 0 Å². The zero-order valence-electron chi connectivity index (χ0n) is 17.5. The number of nitrogens with zero attached hydrogens (tertiary/aromatic N) is 1. The molecule has 3 aromatic carbocycles. The Morgan fingerprint density at radius 2 is 1.10 bits per heavy atom. The number of allylic oxidation sites excluding steroid dienone is 3. The van der Waals surface area contributed by atoms with Crippen molar-refractivity contribution in [1.29, 1.82) is 0 Å². The average Bonchev–Trinajstić information content (AvgIpc) is 2.81. The van der Waals surface area contributed by atoms with Gasteiger partial charge in [-0.1, -0.05) is 105 Å². The fourth-order valence-electron chi connectivity index (χ4n) is 4.08. The van der Waals surface area contributed by atoms with Gasteiger partial charge in [-0.3, -0.25) is 4.67 Å². The number of hydrogen-bond donors (Lipinski definition) is 0. The third kappa shape index (κ3) is 3.74. The van der Waals surface area contributed by atoms with Crippen molar-refractivity contribution < 1.29 is 4.20 Å². The first-order valence-electron chi connectivity index (χ1n) is 10.5. The minimum absolute atomic E-state index is 0.662. The van der Waals surface area contributed by atoms with E-state index in [0.29, 0.717) is 13.1 Å². The van der Waals surface area contributed by atoms with Crippen molar-refractivity contribution in [3.05, 3.63) is 120 Å². The first-order chi connectivity index (χ1) is 14.7. The van der Waals surface area contributed by atoms with E-state index in [1.54, 1.807) is 0 Å². The lowest BCUT2D eigenvalue weighted by Gasteiger charge is -2.36. The van der Waals surface area contributed by atoms with Gasteiger partial charge >= 0.3 is 0 Å². The number of halogens is 1. The maximum Gasteiger partial charge on any atom is 0.154 e. The Morgan fingerprint density at radius 1 is 0.633 bits per heavy atom. The monoisotopic (exact) mass is 415 g/mol. The number of rotatable bonds is 6. The van der Waals surface area contributed by atoms with Gasteiger partial charge in [-0.15, -0.1) is 0 Å². The van der Waals surface area contributed by atoms with Crippen molar-refractivity contribution in [3.8, 4) is 0 Å². The molecule has 0 bridgehead atoms. The van der Waals surface area contributed by atoms with Crippen LogP contribution in [0.25, 0.3) is 10.9 Å². The molecule has 0 amide bonds. The zero-order valence-corrected chi connectivity index (χ0v) is 18.4. The highest BCUT2D eigenvalue weighted by atomic mass is 31.2. The highest BCUT2D eigenvalue weighted by Gasteiger charge is 2.36. The van der Waals surface area contributed by atoms with Crippen LogP contribution in [-0.4, -0.2) is 23.1 Å². The summed E-state index contributed by atoms with van der Waals surface area (Å²) in [6, 6.07) is 30.3. The largest absolute Gasteiger partial charge is 0.255 e. The van der Waals surface area contributed by atoms with E-state index in [2.05, 4.69) is 24.3 Å². The normalized spacial score (nSPS) is 18.9. The van der Waals surface area contributed by atoms with E-state index in [1.165, 1.54) is 0 Å². The van der Waals surface area contributed by atoms with E-state index in [1.807, 2.05) is 97.4 Å². The average molecular weight is 415 g/mol. The molecule has 0 aliphatic carbocycles. The lowest BCUT2D eigenvalue weighted by molar-refractivity contribution is 0.485. The second kappa shape index (κ2) is 9.00. The lowest BCUT2D eigenvalue weighted by Crippen LogP contribution is -2.23. The summed E-state index contributed by atoms with van der Waals surface area (Å²) < 4.78 is 19.5. The van der Waals surface area contributed by atoms with E-state index < -0.39 is 7.35 Å². The lowest BCUT2D eigenvalue weighted by atomic mass is 10.0. The van der Waals surface area contributed by atoms with Gasteiger partial charge in [0, 0.05) is 23.7 Å². The van der Waals surface area contributed by atoms with Crippen LogP contribution in [-0.2, 0) is 0 Å². The molecule has 1 aliphatic rings. The molecule has 1 atom stereocenters. The molecule has 152 valence electrons. The Labute approximate surface area is 179 Å². The first-order valence-corrected chi connectivity index (χ1v) is 12.1. The van der Waals surface area contributed by atoms with E-state index in [4.69, 9.17) is 0 Å². The molecule has 3 heteroatoms. The minimum atomic E-state index is -3.26. The molecular formula is C27H27FNP. The van der Waals surface area contributed by atoms with Crippen LogP contribution in [0.1, 0.15) is 30.5 Å². The van der Waals surface area contributed by atoms with Gasteiger partial charge in [0.25, 0.3) is 0 Å². The second-order valence-electron chi connectivity index (χ2n) is 7.31. The van der Waals surface area contributed by atoms with Gasteiger partial charge in [-0.05, 0) is 34.4 Å². The van der Waals surface area contributed by atoms with Gasteiger partial charge in [-0.25, -0.2) is 4.20 Å². The molecule has 30 heavy (non-hydrogen) atoms. The maximum absolute atomic E-state index is 17.5. The fraction of sp³-hybridized carbons (Fsp3) is 0.148. The third-order valence-electron chi connectivity index (χ3n) is 5.59. The molecular weight excluding hydrogens is 388 g/mol. The third-order valence-corrected chi connectivity index (χ3v) is 8.99. The predicted molar refractivity (Wildman–Crippen MR) is 130 cm³/mol. The first kappa shape index (κ1) is 20.6. The summed E-state index contributed by atoms with van der Waals surface area (Å²) in [4.78, 5) is 0. The van der Waals surface area contributed by atoms with Crippen LogP contribution >= 0.6 is 7.35 Å². The smallest absolute Gasteiger partial charge is 0.154 e. The van der Waals surface area contributed by atoms with E-state index >= 15 is 4.20 Å². The molecule has 1 aliphatic heterocycles. The summed E-state index contributed by atoms with van der Waals surface area (Å²) >= 11 is 0. The Morgan fingerprint density at radius 3 is 1.60 bits per heavy atom. The molecule has 0 N–H and O–H groups in total. The van der Waals surface area contributed by atoms with Gasteiger partial charge in [0.05, 0.1) is 0 Å². The summed E-state index contributed by atoms with van der Waals surface area (Å²) in [7, 11) is -3.26. The molecule has 1 unspecified atom stereocenters. The number of benzene rings is 3. The Balaban J connectivity index is 2.08. The molecule has 4 rings (SSSR count). The van der Waals surface area contributed by atoms with Crippen LogP contribution < -0.4 is 0 Å². The van der Waals surface area contributed by atoms with Crippen LogP contribution in [0, 0.1) is 0 Å². The van der Waals surface area contributed by atoms with Crippen LogP contribution in [0.3, 0.4) is 0 Å². The Hall–Kier alpha value is -2.67. The summed E-state index contributed by atoms with van der Waals surface area (Å²) in [5, 5.41) is 1.60. The quantitative estimate of drug-likeness (QED) is 0.377. The second-order valence-corrected chi connectivity index (χ2v) is 9.95. The van der Waals surface area contributed by atoms with Gasteiger partial charge < -0.3 is 0 Å². The molecule has 0 radical (unpaired) electrons. The Kier molecular flexibility index (Phi) is 6.18. The molecule has 1 nitrogen and oxygen atoms in total. The van der Waals surface area contributed by atoms with Gasteiger partial charge in [0.15, 0.2) is 7.35 Å². The van der Waals surface area contributed by atoms with Crippen molar-refractivity contribution in [2.45, 2.75) is 13.8 Å². The SMILES string of the molecule is CCN(CC)P1(F)=C(c2ccccc2)C=C(c2ccccc2)C=C1c1ccccc1. The Bertz CT molecular complexity index is 1110. The molecule has 0 fully saturated rings. The van der Waals surface area contributed by atoms with Crippen LogP contribution in [0.15, 0.2) is 103 Å². The van der Waals surface area contributed by atoms with Crippen molar-refractivity contribution in [3.63, 3.8) is 0 Å². The molecule has 3 aromatic rings. The zero-order chi connectivity index (χ0) is 21.0. The maximum atomic E-state index is 17.5. The van der Waals surface area contributed by atoms with Crippen LogP contribution in [0.4, 0.5) is 4.20 Å². The van der Waals surface area contributed by atoms with E-state index in [0.717, 1.165) is 32.9 Å². The minimum Gasteiger partial charge on any atom is -0.255 e. The highest BCUT2D eigenvalue weighted by Crippen LogP contribution is 2.68. The van der Waals surface area contributed by atoms with Gasteiger partial charge in [-0.2, -0.15) is 0 Å². The van der Waals surface area contributed by atoms with Crippen molar-refractivity contribution in [2.75, 3.05) is 13.1 Å². The fourth-order valence-corrected chi connectivity index (χ4v) is 7.33. The molecule has 1 heterocycles. The molecule has 0 saturated carbocycles. The summed E-state index contributed by atoms with van der Waals surface area (Å²) in [5.41, 5.74) is 4.06. The van der Waals surface area contributed by atoms with Crippen molar-refractivity contribution in [2.24, 2.45) is 0 Å². The molecule has 0 saturated heterocycles.